The zero-order chi connectivity index (χ0) is 30.6. The van der Waals surface area contributed by atoms with E-state index in [1.807, 2.05) is 24.3 Å². The molecule has 10 heteroatoms. The maximum atomic E-state index is 11.6. The van der Waals surface area contributed by atoms with Crippen molar-refractivity contribution in [1.82, 2.24) is 19.6 Å². The summed E-state index contributed by atoms with van der Waals surface area (Å²) >= 11 is 17.7. The fraction of sp³-hybridized carbons (Fsp3) is 0.382. The first kappa shape index (κ1) is 32.1. The molecule has 2 fully saturated rings. The summed E-state index contributed by atoms with van der Waals surface area (Å²) in [5, 5.41) is 13.2. The first-order chi connectivity index (χ1) is 21.3. The number of nitrogens with zero attached hydrogens (tertiary/aromatic N) is 4. The van der Waals surface area contributed by atoms with E-state index in [-0.39, 0.29) is 0 Å². The van der Waals surface area contributed by atoms with E-state index >= 15 is 0 Å². The molecule has 6 rings (SSSR count). The van der Waals surface area contributed by atoms with Gasteiger partial charge in [-0.15, -0.1) is 0 Å². The van der Waals surface area contributed by atoms with Crippen LogP contribution in [0, 0.1) is 10.7 Å². The van der Waals surface area contributed by atoms with Crippen LogP contribution in [0.1, 0.15) is 27.8 Å². The van der Waals surface area contributed by atoms with Crippen LogP contribution in [0.2, 0.25) is 10.0 Å². The molecule has 2 aliphatic heterocycles. The van der Waals surface area contributed by atoms with Gasteiger partial charge in [-0.3, -0.25) is 19.6 Å². The molecule has 4 aromatic rings. The summed E-state index contributed by atoms with van der Waals surface area (Å²) in [7, 11) is 3.41. The third-order valence-electron chi connectivity index (χ3n) is 8.73. The molecule has 0 bridgehead atoms. The SMILES string of the molecule is Cc1c(-c2cc(CN3CCN(Cc4ccc(Cl)cc4)CC3)c(O)c(CN3CCN(Cc4ccc(Cl)cc4)CC3)c2)ssc1=S. The average Bonchev–Trinajstić information content (AvgIpc) is 3.36. The molecule has 5 nitrogen and oxygen atoms in total. The van der Waals surface area contributed by atoms with E-state index in [1.165, 1.54) is 27.1 Å². The Morgan fingerprint density at radius 3 is 1.39 bits per heavy atom. The zero-order valence-electron chi connectivity index (χ0n) is 25.0. The smallest absolute Gasteiger partial charge is 0.124 e. The lowest BCUT2D eigenvalue weighted by atomic mass is 10.00. The minimum absolute atomic E-state index is 0.442. The second-order valence-electron chi connectivity index (χ2n) is 11.9. The van der Waals surface area contributed by atoms with Gasteiger partial charge in [0, 0.05) is 99.7 Å². The van der Waals surface area contributed by atoms with E-state index in [1.54, 1.807) is 20.7 Å². The monoisotopic (exact) mass is 684 g/mol. The van der Waals surface area contributed by atoms with Gasteiger partial charge in [0.1, 0.15) is 9.57 Å². The van der Waals surface area contributed by atoms with Gasteiger partial charge in [-0.1, -0.05) is 80.4 Å². The molecule has 44 heavy (non-hydrogen) atoms. The quantitative estimate of drug-likeness (QED) is 0.142. The molecule has 1 aromatic heterocycles. The molecule has 232 valence electrons. The minimum Gasteiger partial charge on any atom is -0.507 e. The Morgan fingerprint density at radius 1 is 0.636 bits per heavy atom. The molecular weight excluding hydrogens is 648 g/mol. The van der Waals surface area contributed by atoms with Crippen LogP contribution in [-0.4, -0.2) is 77.1 Å². The number of piperazine rings is 2. The highest BCUT2D eigenvalue weighted by Gasteiger charge is 2.23. The summed E-state index contributed by atoms with van der Waals surface area (Å²) in [6, 6.07) is 20.7. The summed E-state index contributed by atoms with van der Waals surface area (Å²) in [5.41, 5.74) is 6.94. The Balaban J connectivity index is 1.13. The molecule has 0 aliphatic carbocycles. The van der Waals surface area contributed by atoms with Gasteiger partial charge in [0.05, 0.1) is 4.88 Å². The van der Waals surface area contributed by atoms with E-state index in [9.17, 15) is 5.11 Å². The second-order valence-corrected chi connectivity index (χ2v) is 15.6. The normalized spacial score (nSPS) is 17.3. The number of rotatable bonds is 9. The number of phenolic OH excluding ortho intramolecular Hbond substituents is 1. The third-order valence-corrected chi connectivity index (χ3v) is 12.6. The molecule has 0 atom stereocenters. The van der Waals surface area contributed by atoms with Crippen molar-refractivity contribution in [3.05, 3.63) is 102 Å². The summed E-state index contributed by atoms with van der Waals surface area (Å²) in [6.07, 6.45) is 0. The van der Waals surface area contributed by atoms with Crippen molar-refractivity contribution in [3.8, 4) is 16.2 Å². The van der Waals surface area contributed by atoms with Gasteiger partial charge >= 0.3 is 0 Å². The van der Waals surface area contributed by atoms with E-state index in [4.69, 9.17) is 35.4 Å². The van der Waals surface area contributed by atoms with Gasteiger partial charge in [0.15, 0.2) is 0 Å². The van der Waals surface area contributed by atoms with Gasteiger partial charge < -0.3 is 5.11 Å². The molecular formula is C34H38Cl2N4OS3. The number of phenols is 1. The van der Waals surface area contributed by atoms with Crippen molar-refractivity contribution < 1.29 is 5.11 Å². The predicted octanol–water partition coefficient (Wildman–Crippen LogP) is 8.16. The van der Waals surface area contributed by atoms with Crippen molar-refractivity contribution in [2.45, 2.75) is 33.1 Å². The number of hydrogen-bond donors (Lipinski definition) is 1. The molecule has 0 unspecified atom stereocenters. The molecule has 2 saturated heterocycles. The van der Waals surface area contributed by atoms with Crippen LogP contribution in [0.15, 0.2) is 60.7 Å². The topological polar surface area (TPSA) is 33.2 Å². The lowest BCUT2D eigenvalue weighted by Crippen LogP contribution is -2.45. The Labute approximate surface area is 283 Å². The van der Waals surface area contributed by atoms with Gasteiger partial charge in [0.25, 0.3) is 0 Å². The zero-order valence-corrected chi connectivity index (χ0v) is 28.9. The van der Waals surface area contributed by atoms with Crippen LogP contribution in [0.5, 0.6) is 5.75 Å². The van der Waals surface area contributed by atoms with Crippen LogP contribution in [0.3, 0.4) is 0 Å². The van der Waals surface area contributed by atoms with Crippen molar-refractivity contribution in [2.24, 2.45) is 0 Å². The van der Waals surface area contributed by atoms with Crippen molar-refractivity contribution in [2.75, 3.05) is 52.4 Å². The number of halogens is 2. The molecule has 3 aromatic carbocycles. The average molecular weight is 686 g/mol. The first-order valence-electron chi connectivity index (χ1n) is 15.1. The number of aromatic hydroxyl groups is 1. The van der Waals surface area contributed by atoms with Gasteiger partial charge in [-0.05, 0) is 65.6 Å². The molecule has 2 aliphatic rings. The largest absolute Gasteiger partial charge is 0.507 e. The Hall–Kier alpha value is -1.85. The van der Waals surface area contributed by atoms with Crippen LogP contribution in [0.25, 0.3) is 10.4 Å². The lowest BCUT2D eigenvalue weighted by molar-refractivity contribution is 0.119. The van der Waals surface area contributed by atoms with Crippen LogP contribution < -0.4 is 0 Å². The number of hydrogen-bond acceptors (Lipinski definition) is 8. The fourth-order valence-corrected chi connectivity index (χ4v) is 9.22. The predicted molar refractivity (Wildman–Crippen MR) is 189 cm³/mol. The highest BCUT2D eigenvalue weighted by Crippen LogP contribution is 2.38. The Kier molecular flexibility index (Phi) is 10.7. The summed E-state index contributed by atoms with van der Waals surface area (Å²) in [5.74, 6) is 0.442. The third kappa shape index (κ3) is 8.10. The van der Waals surface area contributed by atoms with Gasteiger partial charge in [0.2, 0.25) is 0 Å². The standard InChI is InChI=1S/C34H38Cl2N4OS3/c1-24-33(43-44-34(24)42)27-18-28(22-39-14-10-37(11-15-39)20-25-2-6-30(35)7-3-25)32(41)29(19-27)23-40-16-12-38(13-17-40)21-26-4-8-31(36)9-5-26/h2-9,18-19,41H,10-17,20-23H2,1H3. The first-order valence-corrected chi connectivity index (χ1v) is 18.5. The molecule has 0 spiro atoms. The maximum Gasteiger partial charge on any atom is 0.124 e. The molecule has 0 saturated carbocycles. The van der Waals surface area contributed by atoms with Crippen LogP contribution >= 0.6 is 56.1 Å². The second kappa shape index (κ2) is 14.7. The Bertz CT molecular complexity index is 1520. The Morgan fingerprint density at radius 2 is 1.02 bits per heavy atom. The summed E-state index contributed by atoms with van der Waals surface area (Å²) in [4.78, 5) is 11.2. The molecule has 0 amide bonds. The molecule has 0 radical (unpaired) electrons. The maximum absolute atomic E-state index is 11.6. The van der Waals surface area contributed by atoms with E-state index in [0.29, 0.717) is 5.75 Å². The highest BCUT2D eigenvalue weighted by atomic mass is 35.5. The minimum atomic E-state index is 0.442. The van der Waals surface area contributed by atoms with Crippen molar-refractivity contribution in [3.63, 3.8) is 0 Å². The fourth-order valence-electron chi connectivity index (χ4n) is 6.08. The summed E-state index contributed by atoms with van der Waals surface area (Å²) < 4.78 is 0.954. The molecule has 1 N–H and O–H groups in total. The van der Waals surface area contributed by atoms with Gasteiger partial charge in [-0.2, -0.15) is 0 Å². The van der Waals surface area contributed by atoms with E-state index in [2.05, 4.69) is 62.9 Å². The van der Waals surface area contributed by atoms with E-state index < -0.39 is 0 Å². The van der Waals surface area contributed by atoms with Crippen LogP contribution in [0.4, 0.5) is 0 Å². The van der Waals surface area contributed by atoms with Crippen LogP contribution in [-0.2, 0) is 26.2 Å². The van der Waals surface area contributed by atoms with E-state index in [0.717, 1.165) is 104 Å². The number of benzene rings is 3. The highest BCUT2D eigenvalue weighted by molar-refractivity contribution is 7.80. The molecule has 3 heterocycles. The summed E-state index contributed by atoms with van der Waals surface area (Å²) in [6.45, 7) is 13.4. The van der Waals surface area contributed by atoms with Crippen molar-refractivity contribution in [1.29, 1.82) is 0 Å². The van der Waals surface area contributed by atoms with Crippen molar-refractivity contribution >= 4 is 56.1 Å². The van der Waals surface area contributed by atoms with Gasteiger partial charge in [-0.25, -0.2) is 0 Å². The lowest BCUT2D eigenvalue weighted by Gasteiger charge is -2.36.